The standard InChI is InChI=1S/C22H26N4O/c27-22(24-15-13-17-8-3-1-4-9-17)20(18-10-5-2-6-11-18)26-16-25-19-12-7-14-23-21(19)26/h2,5-7,10-12,14,16-17,20H,1,3-4,8-9,13,15H2,(H,24,27). The number of fused-ring (bicyclic) bond motifs is 1. The zero-order chi connectivity index (χ0) is 18.5. The van der Waals surface area contributed by atoms with Gasteiger partial charge in [0.2, 0.25) is 5.91 Å². The molecule has 0 spiro atoms. The van der Waals surface area contributed by atoms with Crippen molar-refractivity contribution in [3.8, 4) is 0 Å². The Balaban J connectivity index is 1.54. The van der Waals surface area contributed by atoms with Crippen LogP contribution in [0.15, 0.2) is 55.0 Å². The zero-order valence-corrected chi connectivity index (χ0v) is 15.6. The molecule has 140 valence electrons. The maximum atomic E-state index is 13.1. The van der Waals surface area contributed by atoms with Crippen molar-refractivity contribution in [2.75, 3.05) is 6.54 Å². The molecule has 0 bridgehead atoms. The topological polar surface area (TPSA) is 59.8 Å². The molecule has 1 amide bonds. The van der Waals surface area contributed by atoms with Crippen LogP contribution in [0.5, 0.6) is 0 Å². The van der Waals surface area contributed by atoms with Gasteiger partial charge in [0.1, 0.15) is 11.6 Å². The predicted molar refractivity (Wildman–Crippen MR) is 106 cm³/mol. The second kappa shape index (κ2) is 8.33. The zero-order valence-electron chi connectivity index (χ0n) is 15.6. The molecule has 1 atom stereocenters. The average molecular weight is 362 g/mol. The maximum Gasteiger partial charge on any atom is 0.247 e. The Hall–Kier alpha value is -2.69. The van der Waals surface area contributed by atoms with Crippen LogP contribution in [-0.4, -0.2) is 27.0 Å². The van der Waals surface area contributed by atoms with Crippen molar-refractivity contribution >= 4 is 17.1 Å². The fraction of sp³-hybridized carbons (Fsp3) is 0.409. The maximum absolute atomic E-state index is 13.1. The highest BCUT2D eigenvalue weighted by Crippen LogP contribution is 2.26. The molecule has 1 aliphatic rings. The van der Waals surface area contributed by atoms with Crippen LogP contribution in [0.4, 0.5) is 0 Å². The van der Waals surface area contributed by atoms with Crippen molar-refractivity contribution in [3.63, 3.8) is 0 Å². The molecule has 1 N–H and O–H groups in total. The molecule has 1 aromatic carbocycles. The Morgan fingerprint density at radius 3 is 2.70 bits per heavy atom. The fourth-order valence-corrected chi connectivity index (χ4v) is 4.10. The van der Waals surface area contributed by atoms with Gasteiger partial charge in [0.15, 0.2) is 5.65 Å². The van der Waals surface area contributed by atoms with Gasteiger partial charge >= 0.3 is 0 Å². The van der Waals surface area contributed by atoms with Crippen LogP contribution in [-0.2, 0) is 4.79 Å². The van der Waals surface area contributed by atoms with Crippen molar-refractivity contribution in [2.24, 2.45) is 5.92 Å². The van der Waals surface area contributed by atoms with Crippen LogP contribution in [0.1, 0.15) is 50.1 Å². The lowest BCUT2D eigenvalue weighted by Crippen LogP contribution is -2.34. The first-order valence-electron chi connectivity index (χ1n) is 9.93. The third-order valence-electron chi connectivity index (χ3n) is 5.55. The molecule has 0 aliphatic heterocycles. The third-order valence-corrected chi connectivity index (χ3v) is 5.55. The van der Waals surface area contributed by atoms with Crippen LogP contribution in [0.3, 0.4) is 0 Å². The quantitative estimate of drug-likeness (QED) is 0.718. The number of nitrogens with zero attached hydrogens (tertiary/aromatic N) is 3. The van der Waals surface area contributed by atoms with E-state index in [2.05, 4.69) is 15.3 Å². The minimum absolute atomic E-state index is 0.00182. The minimum atomic E-state index is -0.461. The number of pyridine rings is 1. The van der Waals surface area contributed by atoms with E-state index < -0.39 is 6.04 Å². The summed E-state index contributed by atoms with van der Waals surface area (Å²) in [5.74, 6) is 0.756. The van der Waals surface area contributed by atoms with Gasteiger partial charge < -0.3 is 5.32 Å². The summed E-state index contributed by atoms with van der Waals surface area (Å²) < 4.78 is 1.88. The number of aromatic nitrogens is 3. The smallest absolute Gasteiger partial charge is 0.247 e. The van der Waals surface area contributed by atoms with Gasteiger partial charge in [0.05, 0.1) is 6.33 Å². The first kappa shape index (κ1) is 17.7. The van der Waals surface area contributed by atoms with Crippen LogP contribution in [0.2, 0.25) is 0 Å². The van der Waals surface area contributed by atoms with E-state index in [1.54, 1.807) is 12.5 Å². The molecule has 27 heavy (non-hydrogen) atoms. The van der Waals surface area contributed by atoms with Crippen molar-refractivity contribution in [2.45, 2.75) is 44.6 Å². The fourth-order valence-electron chi connectivity index (χ4n) is 4.10. The Labute approximate surface area is 159 Å². The molecule has 4 rings (SSSR count). The summed E-state index contributed by atoms with van der Waals surface area (Å²) in [4.78, 5) is 22.0. The number of imidazole rings is 1. The first-order chi connectivity index (χ1) is 13.3. The van der Waals surface area contributed by atoms with Gasteiger partial charge in [-0.2, -0.15) is 0 Å². The van der Waals surface area contributed by atoms with Gasteiger partial charge in [0, 0.05) is 12.7 Å². The lowest BCUT2D eigenvalue weighted by molar-refractivity contribution is -0.123. The first-order valence-corrected chi connectivity index (χ1v) is 9.93. The number of carbonyl (C=O) groups excluding carboxylic acids is 1. The normalized spacial score (nSPS) is 16.3. The average Bonchev–Trinajstić information content (AvgIpc) is 3.14. The minimum Gasteiger partial charge on any atom is -0.354 e. The number of amides is 1. The summed E-state index contributed by atoms with van der Waals surface area (Å²) >= 11 is 0. The van der Waals surface area contributed by atoms with E-state index in [0.29, 0.717) is 0 Å². The van der Waals surface area contributed by atoms with E-state index in [0.717, 1.165) is 35.6 Å². The molecule has 2 aromatic heterocycles. The predicted octanol–water partition coefficient (Wildman–Crippen LogP) is 4.11. The van der Waals surface area contributed by atoms with Gasteiger partial charge in [-0.05, 0) is 30.0 Å². The molecular formula is C22H26N4O. The Morgan fingerprint density at radius 2 is 1.89 bits per heavy atom. The second-order valence-corrected chi connectivity index (χ2v) is 7.39. The number of hydrogen-bond acceptors (Lipinski definition) is 3. The van der Waals surface area contributed by atoms with Crippen molar-refractivity contribution in [1.82, 2.24) is 19.9 Å². The summed E-state index contributed by atoms with van der Waals surface area (Å²) in [6.07, 6.45) is 11.1. The SMILES string of the molecule is O=C(NCCC1CCCCC1)C(c1ccccc1)n1cnc2cccnc21. The van der Waals surface area contributed by atoms with Crippen LogP contribution < -0.4 is 5.32 Å². The van der Waals surface area contributed by atoms with E-state index in [1.165, 1.54) is 32.1 Å². The number of rotatable bonds is 6. The van der Waals surface area contributed by atoms with Crippen LogP contribution in [0, 0.1) is 5.92 Å². The monoisotopic (exact) mass is 362 g/mol. The van der Waals surface area contributed by atoms with Crippen LogP contribution >= 0.6 is 0 Å². The number of carbonyl (C=O) groups is 1. The Kier molecular flexibility index (Phi) is 5.47. The molecule has 2 heterocycles. The summed E-state index contributed by atoms with van der Waals surface area (Å²) in [5, 5.41) is 3.17. The molecule has 0 radical (unpaired) electrons. The third kappa shape index (κ3) is 4.02. The highest BCUT2D eigenvalue weighted by Gasteiger charge is 2.24. The van der Waals surface area contributed by atoms with Gasteiger partial charge in [0.25, 0.3) is 0 Å². The summed E-state index contributed by atoms with van der Waals surface area (Å²) in [6, 6.07) is 13.2. The number of nitrogens with one attached hydrogen (secondary N) is 1. The molecule has 1 fully saturated rings. The summed E-state index contributed by atoms with van der Waals surface area (Å²) in [5.41, 5.74) is 2.47. The largest absolute Gasteiger partial charge is 0.354 e. The molecule has 1 aliphatic carbocycles. The van der Waals surface area contributed by atoms with E-state index in [9.17, 15) is 4.79 Å². The number of benzene rings is 1. The highest BCUT2D eigenvalue weighted by atomic mass is 16.2. The summed E-state index contributed by atoms with van der Waals surface area (Å²) in [7, 11) is 0. The molecule has 1 unspecified atom stereocenters. The Bertz CT molecular complexity index is 883. The van der Waals surface area contributed by atoms with Gasteiger partial charge in [-0.3, -0.25) is 9.36 Å². The van der Waals surface area contributed by atoms with Gasteiger partial charge in [-0.15, -0.1) is 0 Å². The van der Waals surface area contributed by atoms with Crippen molar-refractivity contribution in [1.29, 1.82) is 0 Å². The van der Waals surface area contributed by atoms with Gasteiger partial charge in [-0.25, -0.2) is 9.97 Å². The molecular weight excluding hydrogens is 336 g/mol. The van der Waals surface area contributed by atoms with Crippen molar-refractivity contribution < 1.29 is 4.79 Å². The lowest BCUT2D eigenvalue weighted by atomic mass is 9.87. The van der Waals surface area contributed by atoms with E-state index in [1.807, 2.05) is 47.0 Å². The molecule has 3 aromatic rings. The molecule has 5 nitrogen and oxygen atoms in total. The molecule has 0 saturated heterocycles. The molecule has 5 heteroatoms. The lowest BCUT2D eigenvalue weighted by Gasteiger charge is -2.23. The van der Waals surface area contributed by atoms with Crippen LogP contribution in [0.25, 0.3) is 11.2 Å². The second-order valence-electron chi connectivity index (χ2n) is 7.39. The van der Waals surface area contributed by atoms with Gasteiger partial charge in [-0.1, -0.05) is 62.4 Å². The summed E-state index contributed by atoms with van der Waals surface area (Å²) in [6.45, 7) is 0.729. The number of hydrogen-bond donors (Lipinski definition) is 1. The van der Waals surface area contributed by atoms with E-state index >= 15 is 0 Å². The molecule has 1 saturated carbocycles. The highest BCUT2D eigenvalue weighted by molar-refractivity contribution is 5.85. The Morgan fingerprint density at radius 1 is 1.07 bits per heavy atom. The van der Waals surface area contributed by atoms with E-state index in [4.69, 9.17) is 0 Å². The van der Waals surface area contributed by atoms with E-state index in [-0.39, 0.29) is 5.91 Å². The van der Waals surface area contributed by atoms with Crippen molar-refractivity contribution in [3.05, 3.63) is 60.6 Å².